The minimum atomic E-state index is -0.541. The average molecular weight is 429 g/mol. The molecule has 0 unspecified atom stereocenters. The minimum Gasteiger partial charge on any atom is -0.378 e. The van der Waals surface area contributed by atoms with Gasteiger partial charge in [0.15, 0.2) is 0 Å². The Morgan fingerprint density at radius 1 is 1.13 bits per heavy atom. The number of hydrogen-bond donors (Lipinski definition) is 2. The highest BCUT2D eigenvalue weighted by Gasteiger charge is 2.20. The highest BCUT2D eigenvalue weighted by Crippen LogP contribution is 2.19. The zero-order valence-electron chi connectivity index (χ0n) is 17.9. The van der Waals surface area contributed by atoms with Crippen molar-refractivity contribution in [2.24, 2.45) is 0 Å². The third-order valence-electron chi connectivity index (χ3n) is 5.37. The molecule has 1 aliphatic rings. The SMILES string of the molecule is C[C@@H](C(=O)NCc1ccccc1F)N(C)CC(=O)Nc1ccc(N2CCOCC2)cc1. The van der Waals surface area contributed by atoms with Gasteiger partial charge >= 0.3 is 0 Å². The summed E-state index contributed by atoms with van der Waals surface area (Å²) >= 11 is 0. The summed E-state index contributed by atoms with van der Waals surface area (Å²) in [5.41, 5.74) is 2.22. The molecule has 3 rings (SSSR count). The largest absolute Gasteiger partial charge is 0.378 e. The van der Waals surface area contributed by atoms with Crippen LogP contribution in [0.2, 0.25) is 0 Å². The zero-order valence-corrected chi connectivity index (χ0v) is 17.9. The van der Waals surface area contributed by atoms with Gasteiger partial charge in [0.05, 0.1) is 25.8 Å². The van der Waals surface area contributed by atoms with Crippen LogP contribution in [0.1, 0.15) is 12.5 Å². The maximum atomic E-state index is 13.7. The molecule has 31 heavy (non-hydrogen) atoms. The van der Waals surface area contributed by atoms with E-state index >= 15 is 0 Å². The van der Waals surface area contributed by atoms with Gasteiger partial charge in [0.1, 0.15) is 5.82 Å². The Labute approximate surface area is 182 Å². The number of rotatable bonds is 8. The van der Waals surface area contributed by atoms with Crippen molar-refractivity contribution in [3.05, 3.63) is 59.9 Å². The molecule has 1 fully saturated rings. The maximum absolute atomic E-state index is 13.7. The molecule has 8 heteroatoms. The molecule has 0 bridgehead atoms. The lowest BCUT2D eigenvalue weighted by molar-refractivity contribution is -0.126. The summed E-state index contributed by atoms with van der Waals surface area (Å²) in [7, 11) is 1.70. The number of ether oxygens (including phenoxy) is 1. The standard InChI is InChI=1S/C23H29FN4O3/c1-17(23(30)25-15-18-5-3-4-6-21(18)24)27(2)16-22(29)26-19-7-9-20(10-8-19)28-11-13-31-14-12-28/h3-10,17H,11-16H2,1-2H3,(H,25,30)(H,26,29)/t17-/m0/s1. The van der Waals surface area contributed by atoms with E-state index in [9.17, 15) is 14.0 Å². The summed E-state index contributed by atoms with van der Waals surface area (Å²) in [6, 6.07) is 13.5. The van der Waals surface area contributed by atoms with Crippen LogP contribution in [0.3, 0.4) is 0 Å². The molecule has 2 aromatic rings. The summed E-state index contributed by atoms with van der Waals surface area (Å²) in [5.74, 6) is -0.841. The molecule has 2 N–H and O–H groups in total. The fourth-order valence-electron chi connectivity index (χ4n) is 3.31. The fourth-order valence-corrected chi connectivity index (χ4v) is 3.31. The minimum absolute atomic E-state index is 0.0551. The van der Waals surface area contributed by atoms with Crippen molar-refractivity contribution in [2.75, 3.05) is 50.1 Å². The Balaban J connectivity index is 1.45. The monoisotopic (exact) mass is 428 g/mol. The molecule has 1 aliphatic heterocycles. The summed E-state index contributed by atoms with van der Waals surface area (Å²) < 4.78 is 19.1. The molecule has 0 spiro atoms. The van der Waals surface area contributed by atoms with Gasteiger partial charge in [-0.2, -0.15) is 0 Å². The topological polar surface area (TPSA) is 73.9 Å². The Hall–Kier alpha value is -2.97. The van der Waals surface area contributed by atoms with Gasteiger partial charge in [-0.25, -0.2) is 4.39 Å². The molecule has 2 aromatic carbocycles. The molecule has 1 heterocycles. The first-order chi connectivity index (χ1) is 14.9. The molecule has 2 amide bonds. The lowest BCUT2D eigenvalue weighted by Crippen LogP contribution is -2.45. The molecule has 0 saturated carbocycles. The first kappa shape index (κ1) is 22.7. The van der Waals surface area contributed by atoms with Crippen LogP contribution in [-0.4, -0.2) is 62.7 Å². The van der Waals surface area contributed by atoms with Crippen molar-refractivity contribution in [1.82, 2.24) is 10.2 Å². The predicted molar refractivity (Wildman–Crippen MR) is 118 cm³/mol. The lowest BCUT2D eigenvalue weighted by Gasteiger charge is -2.29. The van der Waals surface area contributed by atoms with Crippen LogP contribution in [0.25, 0.3) is 0 Å². The van der Waals surface area contributed by atoms with E-state index in [0.717, 1.165) is 32.0 Å². The quantitative estimate of drug-likeness (QED) is 0.675. The van der Waals surface area contributed by atoms with E-state index in [1.165, 1.54) is 6.07 Å². The predicted octanol–water partition coefficient (Wildman–Crippen LogP) is 2.24. The molecule has 1 saturated heterocycles. The van der Waals surface area contributed by atoms with E-state index < -0.39 is 6.04 Å². The van der Waals surface area contributed by atoms with Crippen molar-refractivity contribution in [1.29, 1.82) is 0 Å². The Morgan fingerprint density at radius 3 is 2.48 bits per heavy atom. The third-order valence-corrected chi connectivity index (χ3v) is 5.37. The number of carbonyl (C=O) groups excluding carboxylic acids is 2. The van der Waals surface area contributed by atoms with Crippen LogP contribution in [0.5, 0.6) is 0 Å². The summed E-state index contributed by atoms with van der Waals surface area (Å²) in [6.07, 6.45) is 0. The maximum Gasteiger partial charge on any atom is 0.238 e. The zero-order chi connectivity index (χ0) is 22.2. The first-order valence-corrected chi connectivity index (χ1v) is 10.4. The van der Waals surface area contributed by atoms with Gasteiger partial charge in [0, 0.05) is 36.6 Å². The number of amides is 2. The van der Waals surface area contributed by atoms with Crippen molar-refractivity contribution in [3.63, 3.8) is 0 Å². The van der Waals surface area contributed by atoms with E-state index in [1.54, 1.807) is 37.1 Å². The van der Waals surface area contributed by atoms with Gasteiger partial charge in [0.2, 0.25) is 11.8 Å². The van der Waals surface area contributed by atoms with E-state index in [4.69, 9.17) is 4.74 Å². The lowest BCUT2D eigenvalue weighted by atomic mass is 10.2. The Morgan fingerprint density at radius 2 is 1.81 bits per heavy atom. The third kappa shape index (κ3) is 6.50. The number of likely N-dealkylation sites (N-methyl/N-ethyl adjacent to an activating group) is 1. The number of benzene rings is 2. The number of morpholine rings is 1. The average Bonchev–Trinajstić information content (AvgIpc) is 2.78. The van der Waals surface area contributed by atoms with Gasteiger partial charge < -0.3 is 20.3 Å². The smallest absolute Gasteiger partial charge is 0.238 e. The van der Waals surface area contributed by atoms with Crippen molar-refractivity contribution in [2.45, 2.75) is 19.5 Å². The van der Waals surface area contributed by atoms with Crippen LogP contribution >= 0.6 is 0 Å². The van der Waals surface area contributed by atoms with E-state index in [1.807, 2.05) is 24.3 Å². The molecule has 0 radical (unpaired) electrons. The highest BCUT2D eigenvalue weighted by atomic mass is 19.1. The number of carbonyl (C=O) groups is 2. The van der Waals surface area contributed by atoms with Crippen LogP contribution in [0, 0.1) is 5.82 Å². The second-order valence-corrected chi connectivity index (χ2v) is 7.59. The fraction of sp³-hybridized carbons (Fsp3) is 0.391. The molecule has 166 valence electrons. The molecule has 7 nitrogen and oxygen atoms in total. The molecular weight excluding hydrogens is 399 g/mol. The number of nitrogens with zero attached hydrogens (tertiary/aromatic N) is 2. The second-order valence-electron chi connectivity index (χ2n) is 7.59. The van der Waals surface area contributed by atoms with E-state index in [0.29, 0.717) is 11.3 Å². The molecular formula is C23H29FN4O3. The number of anilines is 2. The van der Waals surface area contributed by atoms with Crippen LogP contribution < -0.4 is 15.5 Å². The van der Waals surface area contributed by atoms with Gasteiger partial charge in [0.25, 0.3) is 0 Å². The molecule has 1 atom stereocenters. The van der Waals surface area contributed by atoms with Crippen LogP contribution in [-0.2, 0) is 20.9 Å². The van der Waals surface area contributed by atoms with Gasteiger partial charge in [-0.3, -0.25) is 14.5 Å². The number of halogens is 1. The Kier molecular flexibility index (Phi) is 7.97. The highest BCUT2D eigenvalue weighted by molar-refractivity contribution is 5.93. The second kappa shape index (κ2) is 10.9. The van der Waals surface area contributed by atoms with Crippen molar-refractivity contribution in [3.8, 4) is 0 Å². The summed E-state index contributed by atoms with van der Waals surface area (Å²) in [6.45, 7) is 5.01. The summed E-state index contributed by atoms with van der Waals surface area (Å²) in [4.78, 5) is 28.7. The molecule has 0 aliphatic carbocycles. The number of hydrogen-bond acceptors (Lipinski definition) is 5. The number of nitrogens with one attached hydrogen (secondary N) is 2. The van der Waals surface area contributed by atoms with Crippen molar-refractivity contribution < 1.29 is 18.7 Å². The van der Waals surface area contributed by atoms with Crippen LogP contribution in [0.4, 0.5) is 15.8 Å². The normalized spacial score (nSPS) is 14.9. The van der Waals surface area contributed by atoms with Gasteiger partial charge in [-0.05, 0) is 44.3 Å². The van der Waals surface area contributed by atoms with Gasteiger partial charge in [-0.1, -0.05) is 18.2 Å². The van der Waals surface area contributed by atoms with E-state index in [-0.39, 0.29) is 30.7 Å². The molecule has 0 aromatic heterocycles. The van der Waals surface area contributed by atoms with E-state index in [2.05, 4.69) is 15.5 Å². The summed E-state index contributed by atoms with van der Waals surface area (Å²) in [5, 5.41) is 5.57. The van der Waals surface area contributed by atoms with Crippen LogP contribution in [0.15, 0.2) is 48.5 Å². The van der Waals surface area contributed by atoms with Gasteiger partial charge in [-0.15, -0.1) is 0 Å². The van der Waals surface area contributed by atoms with Crippen molar-refractivity contribution >= 4 is 23.2 Å². The first-order valence-electron chi connectivity index (χ1n) is 10.4. The Bertz CT molecular complexity index is 885.